The molecule has 0 aliphatic heterocycles. The third-order valence-electron chi connectivity index (χ3n) is 2.52. The molecule has 0 N–H and O–H groups in total. The molecule has 0 heterocycles. The Labute approximate surface area is 131 Å². The molecule has 2 nitrogen and oxygen atoms in total. The fourth-order valence-corrected chi connectivity index (χ4v) is 3.02. The highest BCUT2D eigenvalue weighted by atomic mass is 79.9. The molecular weight excluding hydrogens is 398 g/mol. The molecule has 0 aliphatic carbocycles. The van der Waals surface area contributed by atoms with E-state index in [9.17, 15) is 13.6 Å². The topological polar surface area (TPSA) is 26.3 Å². The number of hydrogen-bond donors (Lipinski definition) is 0. The van der Waals surface area contributed by atoms with E-state index in [-0.39, 0.29) is 6.61 Å². The van der Waals surface area contributed by atoms with E-state index < -0.39 is 11.6 Å². The van der Waals surface area contributed by atoms with Crippen LogP contribution >= 0.6 is 31.9 Å². The maximum absolute atomic E-state index is 13.1. The first-order chi connectivity index (χ1) is 9.51. The van der Waals surface area contributed by atoms with E-state index in [4.69, 9.17) is 4.74 Å². The van der Waals surface area contributed by atoms with E-state index in [2.05, 4.69) is 31.9 Å². The molecule has 0 bridgehead atoms. The highest BCUT2D eigenvalue weighted by molar-refractivity contribution is 9.11. The average Bonchev–Trinajstić information content (AvgIpc) is 2.41. The summed E-state index contributed by atoms with van der Waals surface area (Å²) < 4.78 is 32.6. The molecule has 0 unspecified atom stereocenters. The van der Waals surface area contributed by atoms with Crippen molar-refractivity contribution in [3.63, 3.8) is 0 Å². The summed E-state index contributed by atoms with van der Waals surface area (Å²) in [6.07, 6.45) is 0.717. The van der Waals surface area contributed by atoms with E-state index in [1.807, 2.05) is 0 Å². The minimum atomic E-state index is -0.916. The predicted octanol–water partition coefficient (Wildman–Crippen LogP) is 4.88. The van der Waals surface area contributed by atoms with Crippen LogP contribution in [-0.2, 0) is 6.61 Å². The summed E-state index contributed by atoms with van der Waals surface area (Å²) in [6, 6.07) is 6.79. The van der Waals surface area contributed by atoms with Gasteiger partial charge in [0, 0.05) is 5.56 Å². The van der Waals surface area contributed by atoms with Crippen molar-refractivity contribution in [2.75, 3.05) is 0 Å². The lowest BCUT2D eigenvalue weighted by atomic mass is 10.2. The van der Waals surface area contributed by atoms with Gasteiger partial charge in [0.25, 0.3) is 0 Å². The van der Waals surface area contributed by atoms with E-state index >= 15 is 0 Å². The summed E-state index contributed by atoms with van der Waals surface area (Å²) in [7, 11) is 0. The lowest BCUT2D eigenvalue weighted by Gasteiger charge is -2.11. The third kappa shape index (κ3) is 3.43. The molecule has 0 aliphatic rings. The zero-order chi connectivity index (χ0) is 14.7. The molecule has 0 amide bonds. The number of rotatable bonds is 4. The summed E-state index contributed by atoms with van der Waals surface area (Å²) in [4.78, 5) is 10.7. The van der Waals surface area contributed by atoms with Gasteiger partial charge < -0.3 is 4.74 Å². The van der Waals surface area contributed by atoms with Crippen LogP contribution in [0.25, 0.3) is 0 Å². The second-order valence-electron chi connectivity index (χ2n) is 3.97. The van der Waals surface area contributed by atoms with Crippen molar-refractivity contribution in [1.29, 1.82) is 0 Å². The fourth-order valence-electron chi connectivity index (χ4n) is 1.57. The lowest BCUT2D eigenvalue weighted by Crippen LogP contribution is -1.99. The standard InChI is InChI=1S/C14H8Br2F2O2/c15-10-3-9(6-19)4-11(16)14(10)20-7-8-1-2-12(17)13(18)5-8/h1-6H,7H2. The first kappa shape index (κ1) is 15.1. The van der Waals surface area contributed by atoms with Gasteiger partial charge in [-0.05, 0) is 61.7 Å². The van der Waals surface area contributed by atoms with Gasteiger partial charge in [-0.25, -0.2) is 8.78 Å². The van der Waals surface area contributed by atoms with Crippen LogP contribution in [-0.4, -0.2) is 6.29 Å². The molecule has 2 aromatic carbocycles. The molecule has 0 fully saturated rings. The molecule has 2 rings (SSSR count). The Bertz CT molecular complexity index is 637. The second kappa shape index (κ2) is 6.45. The number of aldehydes is 1. The zero-order valence-corrected chi connectivity index (χ0v) is 13.2. The Morgan fingerprint density at radius 3 is 2.25 bits per heavy atom. The maximum atomic E-state index is 13.1. The van der Waals surface area contributed by atoms with Gasteiger partial charge in [0.1, 0.15) is 18.6 Å². The van der Waals surface area contributed by atoms with E-state index in [0.717, 1.165) is 12.1 Å². The van der Waals surface area contributed by atoms with Gasteiger partial charge in [-0.2, -0.15) is 0 Å². The molecule has 0 saturated heterocycles. The quantitative estimate of drug-likeness (QED) is 0.677. The number of halogens is 4. The summed E-state index contributed by atoms with van der Waals surface area (Å²) in [6.45, 7) is 0.0782. The van der Waals surface area contributed by atoms with Crippen LogP contribution < -0.4 is 4.74 Å². The minimum absolute atomic E-state index is 0.0782. The molecule has 0 aromatic heterocycles. The predicted molar refractivity (Wildman–Crippen MR) is 77.9 cm³/mol. The second-order valence-corrected chi connectivity index (χ2v) is 5.68. The Morgan fingerprint density at radius 2 is 1.70 bits per heavy atom. The lowest BCUT2D eigenvalue weighted by molar-refractivity contribution is 0.112. The molecule has 20 heavy (non-hydrogen) atoms. The first-order valence-electron chi connectivity index (χ1n) is 5.52. The van der Waals surface area contributed by atoms with Crippen molar-refractivity contribution in [3.05, 3.63) is 62.0 Å². The summed E-state index contributed by atoms with van der Waals surface area (Å²) in [5, 5.41) is 0. The monoisotopic (exact) mass is 404 g/mol. The summed E-state index contributed by atoms with van der Waals surface area (Å²) in [5.41, 5.74) is 0.992. The van der Waals surface area contributed by atoms with Crippen molar-refractivity contribution < 1.29 is 18.3 Å². The van der Waals surface area contributed by atoms with Crippen LogP contribution in [0.2, 0.25) is 0 Å². The summed E-state index contributed by atoms with van der Waals surface area (Å²) in [5.74, 6) is -1.33. The SMILES string of the molecule is O=Cc1cc(Br)c(OCc2ccc(F)c(F)c2)c(Br)c1. The fraction of sp³-hybridized carbons (Fsp3) is 0.0714. The van der Waals surface area contributed by atoms with Crippen LogP contribution in [0.5, 0.6) is 5.75 Å². The van der Waals surface area contributed by atoms with E-state index in [0.29, 0.717) is 32.1 Å². The number of carbonyl (C=O) groups excluding carboxylic acids is 1. The molecule has 0 atom stereocenters. The van der Waals surface area contributed by atoms with Crippen molar-refractivity contribution in [2.24, 2.45) is 0 Å². The Kier molecular flexibility index (Phi) is 4.88. The van der Waals surface area contributed by atoms with Crippen LogP contribution in [0, 0.1) is 11.6 Å². The van der Waals surface area contributed by atoms with Crippen LogP contribution in [0.15, 0.2) is 39.3 Å². The van der Waals surface area contributed by atoms with E-state index in [1.54, 1.807) is 12.1 Å². The third-order valence-corrected chi connectivity index (χ3v) is 3.70. The van der Waals surface area contributed by atoms with Gasteiger partial charge >= 0.3 is 0 Å². The van der Waals surface area contributed by atoms with Gasteiger partial charge in [0.2, 0.25) is 0 Å². The molecule has 6 heteroatoms. The number of benzene rings is 2. The van der Waals surface area contributed by atoms with Gasteiger partial charge in [-0.15, -0.1) is 0 Å². The highest BCUT2D eigenvalue weighted by Crippen LogP contribution is 2.35. The van der Waals surface area contributed by atoms with Crippen molar-refractivity contribution in [1.82, 2.24) is 0 Å². The van der Waals surface area contributed by atoms with Gasteiger partial charge in [-0.3, -0.25) is 4.79 Å². The Morgan fingerprint density at radius 1 is 1.05 bits per heavy atom. The molecule has 0 saturated carbocycles. The largest absolute Gasteiger partial charge is 0.487 e. The van der Waals surface area contributed by atoms with Crippen LogP contribution in [0.1, 0.15) is 15.9 Å². The number of ether oxygens (including phenoxy) is 1. The van der Waals surface area contributed by atoms with Crippen LogP contribution in [0.4, 0.5) is 8.78 Å². The minimum Gasteiger partial charge on any atom is -0.487 e. The Balaban J connectivity index is 2.18. The Hall–Kier alpha value is -1.27. The maximum Gasteiger partial charge on any atom is 0.159 e. The van der Waals surface area contributed by atoms with Crippen molar-refractivity contribution >= 4 is 38.1 Å². The van der Waals surface area contributed by atoms with E-state index in [1.165, 1.54) is 6.07 Å². The molecule has 0 radical (unpaired) electrons. The molecule has 104 valence electrons. The number of hydrogen-bond acceptors (Lipinski definition) is 2. The van der Waals surface area contributed by atoms with Gasteiger partial charge in [0.05, 0.1) is 8.95 Å². The molecule has 2 aromatic rings. The van der Waals surface area contributed by atoms with Crippen molar-refractivity contribution in [2.45, 2.75) is 6.61 Å². The first-order valence-corrected chi connectivity index (χ1v) is 7.11. The van der Waals surface area contributed by atoms with Crippen molar-refractivity contribution in [3.8, 4) is 5.75 Å². The van der Waals surface area contributed by atoms with Crippen LogP contribution in [0.3, 0.4) is 0 Å². The normalized spacial score (nSPS) is 10.4. The molecule has 0 spiro atoms. The smallest absolute Gasteiger partial charge is 0.159 e. The zero-order valence-electron chi connectivity index (χ0n) is 10.00. The number of carbonyl (C=O) groups is 1. The molecular formula is C14H8Br2F2O2. The summed E-state index contributed by atoms with van der Waals surface area (Å²) >= 11 is 6.58. The highest BCUT2D eigenvalue weighted by Gasteiger charge is 2.10. The van der Waals surface area contributed by atoms with Gasteiger partial charge in [-0.1, -0.05) is 6.07 Å². The van der Waals surface area contributed by atoms with Gasteiger partial charge in [0.15, 0.2) is 11.6 Å². The average molecular weight is 406 g/mol.